The molecule has 0 bridgehead atoms. The molecule has 2 unspecified atom stereocenters. The summed E-state index contributed by atoms with van der Waals surface area (Å²) in [7, 11) is -3.16. The number of rotatable bonds is 5. The predicted molar refractivity (Wildman–Crippen MR) is 60.6 cm³/mol. The monoisotopic (exact) mass is 256 g/mol. The molecular weight excluding hydrogens is 239 g/mol. The highest BCUT2D eigenvalue weighted by Crippen LogP contribution is 2.51. The number of esters is 1. The van der Waals surface area contributed by atoms with Gasteiger partial charge in [0, 0.05) is 6.66 Å². The van der Waals surface area contributed by atoms with Crippen molar-refractivity contribution in [1.29, 1.82) is 0 Å². The van der Waals surface area contributed by atoms with Crippen LogP contribution in [0.25, 0.3) is 0 Å². The SMILES string of the molecule is CC(C)OC(=O)C(Cl)P(C)(=O)OC(C)C. The van der Waals surface area contributed by atoms with Gasteiger partial charge in [0.05, 0.1) is 12.2 Å². The Hall–Kier alpha value is -0.0500. The van der Waals surface area contributed by atoms with Crippen molar-refractivity contribution in [3.05, 3.63) is 0 Å². The summed E-state index contributed by atoms with van der Waals surface area (Å²) in [6, 6.07) is 0. The highest BCUT2D eigenvalue weighted by atomic mass is 35.5. The van der Waals surface area contributed by atoms with Crippen molar-refractivity contribution in [2.24, 2.45) is 0 Å². The summed E-state index contributed by atoms with van der Waals surface area (Å²) in [5.74, 6) is -0.696. The number of ether oxygens (including phenoxy) is 1. The lowest BCUT2D eigenvalue weighted by Gasteiger charge is -2.21. The number of carbonyl (C=O) groups is 1. The van der Waals surface area contributed by atoms with Crippen LogP contribution in [-0.4, -0.2) is 30.0 Å². The third-order valence-corrected chi connectivity index (χ3v) is 4.49. The van der Waals surface area contributed by atoms with Gasteiger partial charge in [-0.1, -0.05) is 11.6 Å². The maximum absolute atomic E-state index is 11.9. The second-order valence-corrected chi connectivity index (χ2v) is 7.17. The van der Waals surface area contributed by atoms with Crippen LogP contribution in [0.2, 0.25) is 0 Å². The smallest absolute Gasteiger partial charge is 0.334 e. The Bertz CT molecular complexity index is 265. The van der Waals surface area contributed by atoms with E-state index in [1.165, 1.54) is 6.66 Å². The number of alkyl halides is 1. The minimum atomic E-state index is -3.16. The van der Waals surface area contributed by atoms with E-state index >= 15 is 0 Å². The van der Waals surface area contributed by atoms with E-state index in [1.807, 2.05) is 0 Å². The normalized spacial score (nSPS) is 17.6. The molecule has 0 aliphatic rings. The maximum Gasteiger partial charge on any atom is 0.334 e. The molecule has 90 valence electrons. The van der Waals surface area contributed by atoms with Crippen molar-refractivity contribution >= 4 is 24.9 Å². The van der Waals surface area contributed by atoms with Crippen LogP contribution in [0.5, 0.6) is 0 Å². The van der Waals surface area contributed by atoms with Crippen molar-refractivity contribution in [2.45, 2.75) is 45.0 Å². The van der Waals surface area contributed by atoms with E-state index in [0.717, 1.165) is 0 Å². The molecule has 0 saturated carbocycles. The minimum absolute atomic E-state index is 0.242. The molecular formula is C9H18ClO4P. The molecule has 15 heavy (non-hydrogen) atoms. The van der Waals surface area contributed by atoms with Gasteiger partial charge in [-0.3, -0.25) is 4.57 Å². The highest BCUT2D eigenvalue weighted by molar-refractivity contribution is 7.61. The molecule has 0 radical (unpaired) electrons. The van der Waals surface area contributed by atoms with Crippen molar-refractivity contribution in [3.8, 4) is 0 Å². The first-order chi connectivity index (χ1) is 6.66. The van der Waals surface area contributed by atoms with Crippen molar-refractivity contribution in [1.82, 2.24) is 0 Å². The Labute approximate surface area is 95.7 Å². The lowest BCUT2D eigenvalue weighted by Crippen LogP contribution is -2.23. The average Bonchev–Trinajstić information content (AvgIpc) is 1.98. The third kappa shape index (κ3) is 5.55. The zero-order valence-corrected chi connectivity index (χ0v) is 11.3. The van der Waals surface area contributed by atoms with Crippen molar-refractivity contribution < 1.29 is 18.6 Å². The molecule has 0 rings (SSSR count). The van der Waals surface area contributed by atoms with Crippen LogP contribution in [0, 0.1) is 0 Å². The number of hydrogen-bond donors (Lipinski definition) is 0. The van der Waals surface area contributed by atoms with Gasteiger partial charge in [-0.05, 0) is 27.7 Å². The fourth-order valence-electron chi connectivity index (χ4n) is 0.952. The Morgan fingerprint density at radius 3 is 2.00 bits per heavy atom. The Balaban J connectivity index is 4.48. The molecule has 0 amide bonds. The predicted octanol–water partition coefficient (Wildman–Crippen LogP) is 2.84. The molecule has 0 heterocycles. The zero-order chi connectivity index (χ0) is 12.2. The lowest BCUT2D eigenvalue weighted by molar-refractivity contribution is -0.145. The first-order valence-corrected chi connectivity index (χ1v) is 7.34. The van der Waals surface area contributed by atoms with E-state index in [1.54, 1.807) is 27.7 Å². The quantitative estimate of drug-likeness (QED) is 0.431. The van der Waals surface area contributed by atoms with Gasteiger partial charge < -0.3 is 9.26 Å². The second-order valence-electron chi connectivity index (χ2n) is 3.88. The van der Waals surface area contributed by atoms with E-state index < -0.39 is 18.5 Å². The van der Waals surface area contributed by atoms with Crippen LogP contribution in [0.4, 0.5) is 0 Å². The van der Waals surface area contributed by atoms with Crippen LogP contribution in [-0.2, 0) is 18.6 Å². The summed E-state index contributed by atoms with van der Waals surface area (Å²) in [6.45, 7) is 8.20. The van der Waals surface area contributed by atoms with Crippen LogP contribution < -0.4 is 0 Å². The average molecular weight is 257 g/mol. The molecule has 0 aromatic rings. The first-order valence-electron chi connectivity index (χ1n) is 4.77. The first kappa shape index (κ1) is 14.9. The summed E-state index contributed by atoms with van der Waals surface area (Å²) in [4.78, 5) is 11.4. The molecule has 0 spiro atoms. The summed E-state index contributed by atoms with van der Waals surface area (Å²) in [6.07, 6.45) is -0.522. The third-order valence-electron chi connectivity index (χ3n) is 1.38. The molecule has 0 aromatic carbocycles. The van der Waals surface area contributed by atoms with Crippen LogP contribution in [0.1, 0.15) is 27.7 Å². The van der Waals surface area contributed by atoms with Gasteiger partial charge in [-0.2, -0.15) is 0 Å². The molecule has 0 aliphatic heterocycles. The number of hydrogen-bond acceptors (Lipinski definition) is 4. The molecule has 0 fully saturated rings. The summed E-state index contributed by atoms with van der Waals surface area (Å²) in [5, 5.41) is -1.23. The zero-order valence-electron chi connectivity index (χ0n) is 9.69. The molecule has 0 aromatic heterocycles. The lowest BCUT2D eigenvalue weighted by atomic mass is 10.5. The van der Waals surface area contributed by atoms with Crippen LogP contribution >= 0.6 is 19.0 Å². The van der Waals surface area contributed by atoms with E-state index in [2.05, 4.69) is 0 Å². The van der Waals surface area contributed by atoms with Crippen molar-refractivity contribution in [2.75, 3.05) is 6.66 Å². The summed E-state index contributed by atoms with van der Waals surface area (Å²) >= 11 is 5.75. The van der Waals surface area contributed by atoms with Gasteiger partial charge in [0.1, 0.15) is 0 Å². The topological polar surface area (TPSA) is 52.6 Å². The standard InChI is InChI=1S/C9H18ClO4P/c1-6(2)13-9(11)8(10)15(5,12)14-7(3)4/h6-8H,1-5H3. The van der Waals surface area contributed by atoms with Gasteiger partial charge in [0.25, 0.3) is 0 Å². The van der Waals surface area contributed by atoms with E-state index in [-0.39, 0.29) is 12.2 Å². The Morgan fingerprint density at radius 1 is 1.20 bits per heavy atom. The molecule has 0 N–H and O–H groups in total. The van der Waals surface area contributed by atoms with Crippen LogP contribution in [0.15, 0.2) is 0 Å². The summed E-state index contributed by atoms with van der Waals surface area (Å²) < 4.78 is 21.9. The van der Waals surface area contributed by atoms with Gasteiger partial charge in [-0.25, -0.2) is 4.79 Å². The van der Waals surface area contributed by atoms with Gasteiger partial charge in [0.2, 0.25) is 12.5 Å². The van der Waals surface area contributed by atoms with Crippen LogP contribution in [0.3, 0.4) is 0 Å². The number of halogens is 1. The fraction of sp³-hybridized carbons (Fsp3) is 0.889. The summed E-state index contributed by atoms with van der Waals surface area (Å²) in [5.41, 5.74) is 0. The van der Waals surface area contributed by atoms with E-state index in [4.69, 9.17) is 20.9 Å². The number of carbonyl (C=O) groups excluding carboxylic acids is 1. The van der Waals surface area contributed by atoms with Gasteiger partial charge in [0.15, 0.2) is 0 Å². The van der Waals surface area contributed by atoms with E-state index in [0.29, 0.717) is 0 Å². The molecule has 4 nitrogen and oxygen atoms in total. The minimum Gasteiger partial charge on any atom is -0.461 e. The molecule has 2 atom stereocenters. The Kier molecular flexibility index (Phi) is 5.86. The maximum atomic E-state index is 11.9. The molecule has 6 heteroatoms. The largest absolute Gasteiger partial charge is 0.461 e. The second kappa shape index (κ2) is 5.88. The van der Waals surface area contributed by atoms with Gasteiger partial charge in [-0.15, -0.1) is 0 Å². The highest BCUT2D eigenvalue weighted by Gasteiger charge is 2.36. The fourth-order valence-corrected chi connectivity index (χ4v) is 2.53. The van der Waals surface area contributed by atoms with E-state index in [9.17, 15) is 9.36 Å². The van der Waals surface area contributed by atoms with Gasteiger partial charge >= 0.3 is 5.97 Å². The van der Waals surface area contributed by atoms with Crippen molar-refractivity contribution in [3.63, 3.8) is 0 Å². The molecule has 0 saturated heterocycles. The molecule has 0 aliphatic carbocycles. The Morgan fingerprint density at radius 2 is 1.67 bits per heavy atom.